The molecule has 0 unspecified atom stereocenters. The van der Waals surface area contributed by atoms with Crippen LogP contribution in [0.1, 0.15) is 0 Å². The number of rotatable bonds is 4. The number of pyridine rings is 1. The quantitative estimate of drug-likeness (QED) is 0.476. The Morgan fingerprint density at radius 1 is 1.03 bits per heavy atom. The molecule has 1 aliphatic rings. The molecule has 4 aromatic rings. The van der Waals surface area contributed by atoms with Crippen LogP contribution in [0.15, 0.2) is 64.4 Å². The molecule has 2 aromatic carbocycles. The molecule has 0 amide bonds. The second-order valence-electron chi connectivity index (χ2n) is 7.47. The molecule has 1 fully saturated rings. The highest BCUT2D eigenvalue weighted by molar-refractivity contribution is 7.89. The zero-order chi connectivity index (χ0) is 22.3. The molecule has 0 bridgehead atoms. The number of H-pyrrole nitrogens is 1. The summed E-state index contributed by atoms with van der Waals surface area (Å²) in [6, 6.07) is 13.1. The van der Waals surface area contributed by atoms with Gasteiger partial charge in [-0.2, -0.15) is 0 Å². The summed E-state index contributed by atoms with van der Waals surface area (Å²) in [6.07, 6.45) is 1.71. The van der Waals surface area contributed by atoms with Crippen LogP contribution < -0.4 is 15.5 Å². The monoisotopic (exact) mass is 452 g/mol. The zero-order valence-corrected chi connectivity index (χ0v) is 17.7. The van der Waals surface area contributed by atoms with E-state index >= 15 is 0 Å². The highest BCUT2D eigenvalue weighted by Crippen LogP contribution is 2.23. The zero-order valence-electron chi connectivity index (χ0n) is 16.9. The first-order valence-corrected chi connectivity index (χ1v) is 11.5. The average Bonchev–Trinajstić information content (AvgIpc) is 3.29. The first kappa shape index (κ1) is 20.4. The van der Waals surface area contributed by atoms with Gasteiger partial charge in [0.15, 0.2) is 5.43 Å². The molecule has 164 valence electrons. The largest absolute Gasteiger partial charge is 0.378 e. The lowest BCUT2D eigenvalue weighted by Crippen LogP contribution is -2.37. The Hall–Kier alpha value is -3.54. The van der Waals surface area contributed by atoms with Crippen LogP contribution >= 0.6 is 0 Å². The molecule has 3 heterocycles. The molecule has 1 saturated heterocycles. The van der Waals surface area contributed by atoms with Crippen molar-refractivity contribution in [2.45, 2.75) is 4.90 Å². The Kier molecular flexibility index (Phi) is 5.00. The normalized spacial score (nSPS) is 14.7. The smallest absolute Gasteiger partial charge is 0.238 e. The van der Waals surface area contributed by atoms with E-state index in [0.29, 0.717) is 30.0 Å². The number of hydrogen-bond acceptors (Lipinski definition) is 7. The van der Waals surface area contributed by atoms with E-state index in [9.17, 15) is 13.2 Å². The summed E-state index contributed by atoms with van der Waals surface area (Å²) < 4.78 is 29.7. The lowest BCUT2D eigenvalue weighted by atomic mass is 10.1. The number of morpholine rings is 1. The molecule has 11 heteroatoms. The molecule has 32 heavy (non-hydrogen) atoms. The van der Waals surface area contributed by atoms with E-state index in [1.54, 1.807) is 30.5 Å². The Morgan fingerprint density at radius 3 is 2.50 bits per heavy atom. The molecule has 0 saturated carbocycles. The van der Waals surface area contributed by atoms with Crippen LogP contribution in [0.4, 0.5) is 5.82 Å². The lowest BCUT2D eigenvalue weighted by Gasteiger charge is -2.28. The summed E-state index contributed by atoms with van der Waals surface area (Å²) in [5.41, 5.74) is 2.63. The van der Waals surface area contributed by atoms with Gasteiger partial charge in [-0.1, -0.05) is 11.3 Å². The van der Waals surface area contributed by atoms with Crippen LogP contribution in [-0.4, -0.2) is 54.7 Å². The van der Waals surface area contributed by atoms with E-state index in [4.69, 9.17) is 9.88 Å². The number of sulfonamides is 1. The molecule has 0 atom stereocenters. The Bertz CT molecular complexity index is 1450. The number of anilines is 1. The van der Waals surface area contributed by atoms with Gasteiger partial charge in [-0.25, -0.2) is 18.2 Å². The third-order valence-electron chi connectivity index (χ3n) is 5.39. The minimum atomic E-state index is -3.76. The van der Waals surface area contributed by atoms with E-state index in [-0.39, 0.29) is 10.3 Å². The highest BCUT2D eigenvalue weighted by Gasteiger charge is 2.15. The van der Waals surface area contributed by atoms with Crippen LogP contribution in [-0.2, 0) is 14.8 Å². The second-order valence-corrected chi connectivity index (χ2v) is 9.03. The van der Waals surface area contributed by atoms with Crippen molar-refractivity contribution in [1.82, 2.24) is 20.0 Å². The fraction of sp³-hybridized carbons (Fsp3) is 0.190. The molecule has 10 nitrogen and oxygen atoms in total. The summed E-state index contributed by atoms with van der Waals surface area (Å²) in [4.78, 5) is 18.2. The summed E-state index contributed by atoms with van der Waals surface area (Å²) >= 11 is 0. The number of hydrogen-bond donors (Lipinski definition) is 2. The van der Waals surface area contributed by atoms with Crippen molar-refractivity contribution in [3.63, 3.8) is 0 Å². The lowest BCUT2D eigenvalue weighted by molar-refractivity contribution is 0.122. The number of aromatic nitrogens is 4. The van der Waals surface area contributed by atoms with Gasteiger partial charge in [-0.05, 0) is 36.4 Å². The standard InChI is InChI=1S/C21H20N6O4S/c22-32(29,30)16-4-2-15(3-5-16)27-13-19(24-25-27)14-1-6-18-17(11-14)20(28)12-21(23-18)26-7-9-31-10-8-26/h1-6,11-13H,7-10H2,(H,23,28)(H2,22,29,30). The number of ether oxygens (including phenoxy) is 1. The molecule has 0 radical (unpaired) electrons. The van der Waals surface area contributed by atoms with Gasteiger partial charge in [0.2, 0.25) is 10.0 Å². The minimum absolute atomic E-state index is 0.0202. The number of nitrogens with two attached hydrogens (primary N) is 1. The predicted molar refractivity (Wildman–Crippen MR) is 119 cm³/mol. The summed E-state index contributed by atoms with van der Waals surface area (Å²) in [6.45, 7) is 2.75. The van der Waals surface area contributed by atoms with Crippen molar-refractivity contribution >= 4 is 26.7 Å². The van der Waals surface area contributed by atoms with E-state index in [0.717, 1.165) is 30.0 Å². The van der Waals surface area contributed by atoms with Gasteiger partial charge in [0.1, 0.15) is 11.5 Å². The molecular weight excluding hydrogens is 432 g/mol. The summed E-state index contributed by atoms with van der Waals surface area (Å²) in [5, 5.41) is 14.0. The van der Waals surface area contributed by atoms with Crippen molar-refractivity contribution in [3.05, 3.63) is 65.0 Å². The molecule has 0 spiro atoms. The van der Waals surface area contributed by atoms with Crippen molar-refractivity contribution < 1.29 is 13.2 Å². The van der Waals surface area contributed by atoms with Gasteiger partial charge in [0.05, 0.1) is 35.5 Å². The van der Waals surface area contributed by atoms with Crippen LogP contribution in [0.25, 0.3) is 27.8 Å². The van der Waals surface area contributed by atoms with Crippen LogP contribution in [0.5, 0.6) is 0 Å². The fourth-order valence-electron chi connectivity index (χ4n) is 3.68. The minimum Gasteiger partial charge on any atom is -0.378 e. The summed E-state index contributed by atoms with van der Waals surface area (Å²) in [7, 11) is -3.76. The number of nitrogens with zero attached hydrogens (tertiary/aromatic N) is 4. The topological polar surface area (TPSA) is 136 Å². The van der Waals surface area contributed by atoms with Crippen molar-refractivity contribution in [2.24, 2.45) is 5.14 Å². The number of fused-ring (bicyclic) bond motifs is 1. The molecule has 5 rings (SSSR count). The molecule has 2 aromatic heterocycles. The van der Waals surface area contributed by atoms with E-state index in [1.807, 2.05) is 12.1 Å². The SMILES string of the molecule is NS(=O)(=O)c1ccc(-n2cc(-c3ccc4[nH]c(N5CCOCC5)cc(=O)c4c3)nn2)cc1. The van der Waals surface area contributed by atoms with Crippen molar-refractivity contribution in [1.29, 1.82) is 0 Å². The van der Waals surface area contributed by atoms with Crippen LogP contribution in [0, 0.1) is 0 Å². The maximum Gasteiger partial charge on any atom is 0.238 e. The van der Waals surface area contributed by atoms with E-state index in [2.05, 4.69) is 20.2 Å². The highest BCUT2D eigenvalue weighted by atomic mass is 32.2. The van der Waals surface area contributed by atoms with Gasteiger partial charge in [0, 0.05) is 30.1 Å². The van der Waals surface area contributed by atoms with Crippen LogP contribution in [0.3, 0.4) is 0 Å². The van der Waals surface area contributed by atoms with Gasteiger partial charge < -0.3 is 14.6 Å². The van der Waals surface area contributed by atoms with Crippen molar-refractivity contribution in [3.8, 4) is 16.9 Å². The van der Waals surface area contributed by atoms with E-state index < -0.39 is 10.0 Å². The van der Waals surface area contributed by atoms with Gasteiger partial charge in [0.25, 0.3) is 0 Å². The Labute approximate surface area is 183 Å². The first-order chi connectivity index (χ1) is 15.4. The van der Waals surface area contributed by atoms with Gasteiger partial charge in [-0.15, -0.1) is 5.10 Å². The number of benzene rings is 2. The third kappa shape index (κ3) is 3.88. The predicted octanol–water partition coefficient (Wildman–Crippen LogP) is 1.26. The van der Waals surface area contributed by atoms with Gasteiger partial charge >= 0.3 is 0 Å². The second kappa shape index (κ2) is 7.86. The molecule has 1 aliphatic heterocycles. The Morgan fingerprint density at radius 2 is 1.78 bits per heavy atom. The van der Waals surface area contributed by atoms with Crippen LogP contribution in [0.2, 0.25) is 0 Å². The molecule has 0 aliphatic carbocycles. The van der Waals surface area contributed by atoms with Crippen molar-refractivity contribution in [2.75, 3.05) is 31.2 Å². The molecule has 3 N–H and O–H groups in total. The van der Waals surface area contributed by atoms with E-state index in [1.165, 1.54) is 16.8 Å². The first-order valence-electron chi connectivity index (χ1n) is 9.94. The number of primary sulfonamides is 1. The maximum atomic E-state index is 12.8. The third-order valence-corrected chi connectivity index (χ3v) is 6.32. The number of nitrogens with one attached hydrogen (secondary N) is 1. The summed E-state index contributed by atoms with van der Waals surface area (Å²) in [5.74, 6) is 0.785. The average molecular weight is 452 g/mol. The Balaban J connectivity index is 1.46. The fourth-order valence-corrected chi connectivity index (χ4v) is 4.19. The van der Waals surface area contributed by atoms with Gasteiger partial charge in [-0.3, -0.25) is 4.79 Å². The maximum absolute atomic E-state index is 12.8. The number of aromatic amines is 1. The molecular formula is C21H20N6O4S.